The molecule has 0 unspecified atom stereocenters. The number of nitrogens with one attached hydrogen (secondary N) is 2. The predicted octanol–water partition coefficient (Wildman–Crippen LogP) is 0.159. The van der Waals surface area contributed by atoms with Crippen LogP contribution in [0.2, 0.25) is 0 Å². The molecule has 0 aliphatic rings. The summed E-state index contributed by atoms with van der Waals surface area (Å²) in [5, 5.41) is 2.73. The van der Waals surface area contributed by atoms with Gasteiger partial charge in [-0.05, 0) is 11.1 Å². The Morgan fingerprint density at radius 3 is 2.68 bits per heavy atom. The van der Waals surface area contributed by atoms with Crippen molar-refractivity contribution in [3.63, 3.8) is 0 Å². The molecule has 0 saturated carbocycles. The molecule has 0 atom stereocenters. The minimum Gasteiger partial charge on any atom is -0.347 e. The van der Waals surface area contributed by atoms with Crippen LogP contribution in [0.4, 0.5) is 0 Å². The van der Waals surface area contributed by atoms with E-state index in [0.29, 0.717) is 13.1 Å². The number of carbonyl (C=O) groups is 1. The highest BCUT2D eigenvalue weighted by Crippen LogP contribution is 2.07. The fraction of sp³-hybridized carbons (Fsp3) is 0.154. The lowest BCUT2D eigenvalue weighted by atomic mass is 10.1. The smallest absolute Gasteiger partial charge is 0.271 e. The molecule has 0 fully saturated rings. The van der Waals surface area contributed by atoms with Crippen LogP contribution in [0.3, 0.4) is 0 Å². The van der Waals surface area contributed by atoms with Crippen LogP contribution in [0.15, 0.2) is 41.5 Å². The highest BCUT2D eigenvalue weighted by atomic mass is 16.2. The number of rotatable bonds is 4. The van der Waals surface area contributed by atoms with E-state index in [4.69, 9.17) is 5.73 Å². The fourth-order valence-corrected chi connectivity index (χ4v) is 1.66. The van der Waals surface area contributed by atoms with Crippen molar-refractivity contribution in [2.24, 2.45) is 5.73 Å². The number of aromatic nitrogens is 2. The molecule has 0 aliphatic heterocycles. The van der Waals surface area contributed by atoms with Crippen molar-refractivity contribution in [3.05, 3.63) is 63.8 Å². The van der Waals surface area contributed by atoms with E-state index in [9.17, 15) is 9.59 Å². The minimum absolute atomic E-state index is 0.171. The molecule has 6 heteroatoms. The van der Waals surface area contributed by atoms with Crippen molar-refractivity contribution in [2.45, 2.75) is 13.1 Å². The lowest BCUT2D eigenvalue weighted by Gasteiger charge is -2.08. The quantitative estimate of drug-likeness (QED) is 0.727. The topological polar surface area (TPSA) is 101 Å². The zero-order valence-electron chi connectivity index (χ0n) is 10.2. The Morgan fingerprint density at radius 1 is 1.32 bits per heavy atom. The van der Waals surface area contributed by atoms with E-state index in [1.54, 1.807) is 0 Å². The molecular weight excluding hydrogens is 244 g/mol. The Morgan fingerprint density at radius 2 is 2.05 bits per heavy atom. The van der Waals surface area contributed by atoms with E-state index in [2.05, 4.69) is 15.3 Å². The summed E-state index contributed by atoms with van der Waals surface area (Å²) in [5.41, 5.74) is 7.39. The van der Waals surface area contributed by atoms with Gasteiger partial charge in [0.15, 0.2) is 0 Å². The molecule has 1 aromatic heterocycles. The van der Waals surface area contributed by atoms with Gasteiger partial charge in [-0.1, -0.05) is 24.3 Å². The van der Waals surface area contributed by atoms with E-state index < -0.39 is 0 Å². The Kier molecular flexibility index (Phi) is 4.04. The lowest BCUT2D eigenvalue weighted by molar-refractivity contribution is 0.0945. The van der Waals surface area contributed by atoms with Gasteiger partial charge in [0.25, 0.3) is 11.5 Å². The molecule has 0 bridgehead atoms. The van der Waals surface area contributed by atoms with E-state index in [1.165, 1.54) is 6.20 Å². The molecule has 2 aromatic rings. The molecule has 0 saturated heterocycles. The van der Waals surface area contributed by atoms with Gasteiger partial charge in [0, 0.05) is 19.3 Å². The summed E-state index contributed by atoms with van der Waals surface area (Å²) < 4.78 is 0. The summed E-state index contributed by atoms with van der Waals surface area (Å²) in [4.78, 5) is 28.8. The molecule has 0 spiro atoms. The van der Waals surface area contributed by atoms with Crippen LogP contribution in [-0.4, -0.2) is 15.9 Å². The van der Waals surface area contributed by atoms with Gasteiger partial charge in [0.2, 0.25) is 0 Å². The van der Waals surface area contributed by atoms with E-state index >= 15 is 0 Å². The highest BCUT2D eigenvalue weighted by Gasteiger charge is 2.07. The monoisotopic (exact) mass is 258 g/mol. The lowest BCUT2D eigenvalue weighted by Crippen LogP contribution is -2.25. The van der Waals surface area contributed by atoms with Crippen LogP contribution in [0.5, 0.6) is 0 Å². The summed E-state index contributed by atoms with van der Waals surface area (Å²) in [6.07, 6.45) is 2.36. The number of carbonyl (C=O) groups excluding carboxylic acids is 1. The number of hydrogen-bond donors (Lipinski definition) is 3. The predicted molar refractivity (Wildman–Crippen MR) is 70.4 cm³/mol. The molecule has 19 heavy (non-hydrogen) atoms. The van der Waals surface area contributed by atoms with Gasteiger partial charge in [0.1, 0.15) is 5.69 Å². The van der Waals surface area contributed by atoms with E-state index in [0.717, 1.165) is 17.3 Å². The van der Waals surface area contributed by atoms with Crippen molar-refractivity contribution in [1.82, 2.24) is 15.3 Å². The number of nitrogens with zero attached hydrogens (tertiary/aromatic N) is 1. The van der Waals surface area contributed by atoms with Gasteiger partial charge in [-0.3, -0.25) is 9.59 Å². The third-order valence-electron chi connectivity index (χ3n) is 2.68. The van der Waals surface area contributed by atoms with Crippen molar-refractivity contribution >= 4 is 5.91 Å². The maximum Gasteiger partial charge on any atom is 0.271 e. The summed E-state index contributed by atoms with van der Waals surface area (Å²) in [6, 6.07) is 7.61. The number of amides is 1. The Labute approximate surface area is 109 Å². The summed E-state index contributed by atoms with van der Waals surface area (Å²) in [5.74, 6) is -0.344. The molecule has 2 rings (SSSR count). The summed E-state index contributed by atoms with van der Waals surface area (Å²) in [7, 11) is 0. The van der Waals surface area contributed by atoms with E-state index in [1.807, 2.05) is 24.3 Å². The second kappa shape index (κ2) is 5.92. The molecule has 1 aromatic carbocycles. The number of H-pyrrole nitrogens is 1. The van der Waals surface area contributed by atoms with Crippen LogP contribution in [0, 0.1) is 0 Å². The SMILES string of the molecule is NCc1ccccc1CNC(=O)c1c[nH]c(=O)cn1. The number of nitrogens with two attached hydrogens (primary N) is 1. The van der Waals surface area contributed by atoms with Gasteiger partial charge in [0.05, 0.1) is 6.20 Å². The van der Waals surface area contributed by atoms with E-state index in [-0.39, 0.29) is 17.2 Å². The number of hydrogen-bond acceptors (Lipinski definition) is 4. The van der Waals surface area contributed by atoms with Gasteiger partial charge in [-0.15, -0.1) is 0 Å². The zero-order chi connectivity index (χ0) is 13.7. The molecular formula is C13H14N4O2. The molecule has 0 radical (unpaired) electrons. The first kappa shape index (κ1) is 13.0. The van der Waals surface area contributed by atoms with Crippen LogP contribution in [0.1, 0.15) is 21.6 Å². The molecule has 0 aliphatic carbocycles. The number of benzene rings is 1. The normalized spacial score (nSPS) is 10.2. The summed E-state index contributed by atoms with van der Waals surface area (Å²) >= 11 is 0. The van der Waals surface area contributed by atoms with Crippen LogP contribution >= 0.6 is 0 Å². The standard InChI is InChI=1S/C13H14N4O2/c14-5-9-3-1-2-4-10(9)6-17-13(19)11-7-16-12(18)8-15-11/h1-4,7-8H,5-6,14H2,(H,16,18)(H,17,19). The third kappa shape index (κ3) is 3.26. The minimum atomic E-state index is -0.344. The molecule has 98 valence electrons. The van der Waals surface area contributed by atoms with Gasteiger partial charge >= 0.3 is 0 Å². The van der Waals surface area contributed by atoms with Crippen molar-refractivity contribution < 1.29 is 4.79 Å². The molecule has 6 nitrogen and oxygen atoms in total. The van der Waals surface area contributed by atoms with Crippen LogP contribution < -0.4 is 16.6 Å². The second-order valence-electron chi connectivity index (χ2n) is 3.95. The summed E-state index contributed by atoms with van der Waals surface area (Å²) in [6.45, 7) is 0.788. The Hall–Kier alpha value is -2.47. The van der Waals surface area contributed by atoms with Crippen molar-refractivity contribution in [1.29, 1.82) is 0 Å². The first-order valence-corrected chi connectivity index (χ1v) is 5.80. The molecule has 1 amide bonds. The highest BCUT2D eigenvalue weighted by molar-refractivity contribution is 5.91. The van der Waals surface area contributed by atoms with Gasteiger partial charge in [-0.25, -0.2) is 4.98 Å². The third-order valence-corrected chi connectivity index (χ3v) is 2.68. The average molecular weight is 258 g/mol. The van der Waals surface area contributed by atoms with Gasteiger partial charge in [-0.2, -0.15) is 0 Å². The van der Waals surface area contributed by atoms with Crippen molar-refractivity contribution in [2.75, 3.05) is 0 Å². The number of aromatic amines is 1. The largest absolute Gasteiger partial charge is 0.347 e. The fourth-order valence-electron chi connectivity index (χ4n) is 1.66. The molecule has 4 N–H and O–H groups in total. The average Bonchev–Trinajstić information content (AvgIpc) is 2.45. The Bertz CT molecular complexity index is 616. The maximum absolute atomic E-state index is 11.8. The zero-order valence-corrected chi connectivity index (χ0v) is 10.2. The molecule has 1 heterocycles. The van der Waals surface area contributed by atoms with Crippen LogP contribution in [-0.2, 0) is 13.1 Å². The maximum atomic E-state index is 11.8. The first-order chi connectivity index (χ1) is 9.20. The second-order valence-corrected chi connectivity index (χ2v) is 3.95. The first-order valence-electron chi connectivity index (χ1n) is 5.80. The van der Waals surface area contributed by atoms with Crippen molar-refractivity contribution in [3.8, 4) is 0 Å². The van der Waals surface area contributed by atoms with Gasteiger partial charge < -0.3 is 16.0 Å². The Balaban J connectivity index is 2.04. The van der Waals surface area contributed by atoms with Crippen LogP contribution in [0.25, 0.3) is 0 Å².